The van der Waals surface area contributed by atoms with Gasteiger partial charge in [-0.15, -0.1) is 11.3 Å². The third kappa shape index (κ3) is 5.56. The second kappa shape index (κ2) is 10.7. The van der Waals surface area contributed by atoms with E-state index < -0.39 is 23.4 Å². The largest absolute Gasteiger partial charge is 0.490 e. The quantitative estimate of drug-likeness (QED) is 0.0726. The summed E-state index contributed by atoms with van der Waals surface area (Å²) in [4.78, 5) is 34.5. The molecular formula is C19H23N7O6S2. The van der Waals surface area contributed by atoms with Gasteiger partial charge in [-0.2, -0.15) is 9.35 Å². The molecule has 0 aliphatic carbocycles. The number of hydrogen-bond acceptors (Lipinski definition) is 12. The summed E-state index contributed by atoms with van der Waals surface area (Å²) >= 11 is 1.15. The Morgan fingerprint density at radius 3 is 2.65 bits per heavy atom. The minimum Gasteiger partial charge on any atom is -0.490 e. The summed E-state index contributed by atoms with van der Waals surface area (Å²) < 4.78 is 19.2. The Morgan fingerprint density at radius 2 is 2.09 bits per heavy atom. The van der Waals surface area contributed by atoms with Gasteiger partial charge in [0.25, 0.3) is 11.8 Å². The Kier molecular flexibility index (Phi) is 7.93. The lowest BCUT2D eigenvalue weighted by atomic mass is 9.84. The lowest BCUT2D eigenvalue weighted by Crippen LogP contribution is -2.76. The molecule has 2 aromatic rings. The third-order valence-corrected chi connectivity index (χ3v) is 5.69. The van der Waals surface area contributed by atoms with Crippen LogP contribution in [-0.2, 0) is 18.7 Å². The number of hydrogen-bond donors (Lipinski definition) is 5. The maximum Gasteiger partial charge on any atom is 0.276 e. The van der Waals surface area contributed by atoms with E-state index in [1.807, 2.05) is 0 Å². The number of nitrogens with one attached hydrogen (secondary N) is 2. The lowest BCUT2D eigenvalue weighted by molar-refractivity contribution is -0.214. The normalized spacial score (nSPS) is 17.1. The molecule has 7 N–H and O–H groups in total. The zero-order valence-corrected chi connectivity index (χ0v) is 19.8. The van der Waals surface area contributed by atoms with Crippen LogP contribution in [0.15, 0.2) is 34.8 Å². The monoisotopic (exact) mass is 509 g/mol. The van der Waals surface area contributed by atoms with E-state index >= 15 is 0 Å². The molecule has 182 valence electrons. The molecule has 2 heterocycles. The molecule has 1 atom stereocenters. The maximum atomic E-state index is 12.9. The van der Waals surface area contributed by atoms with Crippen molar-refractivity contribution in [3.63, 3.8) is 0 Å². The van der Waals surface area contributed by atoms with Crippen LogP contribution in [0.25, 0.3) is 0 Å². The number of hydroxylamine groups is 2. The van der Waals surface area contributed by atoms with Gasteiger partial charge in [-0.25, -0.2) is 4.98 Å². The summed E-state index contributed by atoms with van der Waals surface area (Å²) in [6.07, 6.45) is 0. The van der Waals surface area contributed by atoms with Crippen LogP contribution >= 0.6 is 23.7 Å². The number of amides is 2. The van der Waals surface area contributed by atoms with Crippen molar-refractivity contribution in [1.29, 1.82) is 5.41 Å². The molecule has 0 saturated carbocycles. The van der Waals surface area contributed by atoms with Crippen molar-refractivity contribution in [3.8, 4) is 5.75 Å². The van der Waals surface area contributed by atoms with E-state index in [-0.39, 0.29) is 47.9 Å². The summed E-state index contributed by atoms with van der Waals surface area (Å²) in [5.41, 5.74) is 10.8. The number of benzene rings is 1. The first kappa shape index (κ1) is 25.2. The van der Waals surface area contributed by atoms with Gasteiger partial charge in [0.1, 0.15) is 29.9 Å². The Bertz CT molecular complexity index is 1090. The van der Waals surface area contributed by atoms with Crippen molar-refractivity contribution in [1.82, 2.24) is 15.4 Å². The zero-order chi connectivity index (χ0) is 24.9. The number of nitrogens with zero attached hydrogens (tertiary/aromatic N) is 3. The van der Waals surface area contributed by atoms with Crippen molar-refractivity contribution in [2.45, 2.75) is 25.4 Å². The summed E-state index contributed by atoms with van der Waals surface area (Å²) in [5.74, 6) is -0.741. The van der Waals surface area contributed by atoms with E-state index in [1.165, 1.54) is 5.38 Å². The van der Waals surface area contributed by atoms with Gasteiger partial charge < -0.3 is 30.9 Å². The van der Waals surface area contributed by atoms with Crippen LogP contribution in [0.5, 0.6) is 5.75 Å². The molecule has 13 nitrogen and oxygen atoms in total. The Labute approximate surface area is 202 Å². The number of rotatable bonds is 11. The number of carbonyl (C=O) groups is 2. The highest BCUT2D eigenvalue weighted by Gasteiger charge is 2.57. The number of carbonyl (C=O) groups excluding carboxylic acids is 2. The molecule has 34 heavy (non-hydrogen) atoms. The van der Waals surface area contributed by atoms with Crippen molar-refractivity contribution in [2.75, 3.05) is 18.9 Å². The van der Waals surface area contributed by atoms with Crippen molar-refractivity contribution < 1.29 is 28.0 Å². The molecule has 1 fully saturated rings. The number of ether oxygens (including phenoxy) is 1. The van der Waals surface area contributed by atoms with Crippen LogP contribution in [0.3, 0.4) is 0 Å². The second-order valence-electron chi connectivity index (χ2n) is 7.47. The highest BCUT2D eigenvalue weighted by molar-refractivity contribution is 7.88. The molecule has 1 aromatic heterocycles. The first-order valence-corrected chi connectivity index (χ1v) is 11.3. The van der Waals surface area contributed by atoms with E-state index in [1.54, 1.807) is 38.1 Å². The maximum absolute atomic E-state index is 12.9. The topological polar surface area (TPSA) is 198 Å². The first-order chi connectivity index (χ1) is 16.1. The summed E-state index contributed by atoms with van der Waals surface area (Å²) in [5, 5.41) is 16.6. The first-order valence-electron chi connectivity index (χ1n) is 9.77. The minimum atomic E-state index is -0.922. The number of oxime groups is 1. The van der Waals surface area contributed by atoms with Crippen LogP contribution in [-0.4, -0.2) is 62.8 Å². The molecule has 15 heteroatoms. The molecule has 3 rings (SSSR count). The van der Waals surface area contributed by atoms with E-state index in [9.17, 15) is 9.59 Å². The number of amidine groups is 1. The van der Waals surface area contributed by atoms with Crippen LogP contribution in [0.4, 0.5) is 5.13 Å². The van der Waals surface area contributed by atoms with Crippen LogP contribution in [0, 0.1) is 5.41 Å². The van der Waals surface area contributed by atoms with E-state index in [0.717, 1.165) is 16.4 Å². The summed E-state index contributed by atoms with van der Waals surface area (Å²) in [6, 6.07) is 5.71. The number of nitrogens with two attached hydrogens (primary N) is 2. The summed E-state index contributed by atoms with van der Waals surface area (Å²) in [7, 11) is 0. The zero-order valence-electron chi connectivity index (χ0n) is 18.2. The molecule has 1 aromatic carbocycles. The van der Waals surface area contributed by atoms with Gasteiger partial charge in [-0.3, -0.25) is 15.0 Å². The van der Waals surface area contributed by atoms with E-state index in [0.29, 0.717) is 11.3 Å². The van der Waals surface area contributed by atoms with Gasteiger partial charge >= 0.3 is 0 Å². The van der Waals surface area contributed by atoms with Crippen LogP contribution < -0.4 is 21.5 Å². The van der Waals surface area contributed by atoms with E-state index in [4.69, 9.17) is 35.3 Å². The molecule has 0 bridgehead atoms. The van der Waals surface area contributed by atoms with Crippen molar-refractivity contribution in [2.24, 2.45) is 10.9 Å². The molecule has 1 aliphatic rings. The number of nitrogen functional groups attached to an aromatic ring is 2. The number of β-lactam (4-membered cyclic amide) rings is 1. The van der Waals surface area contributed by atoms with Gasteiger partial charge in [-0.05, 0) is 38.1 Å². The predicted octanol–water partition coefficient (Wildman–Crippen LogP) is 0.967. The predicted molar refractivity (Wildman–Crippen MR) is 126 cm³/mol. The van der Waals surface area contributed by atoms with Gasteiger partial charge in [-0.1, -0.05) is 5.16 Å². The molecule has 1 aliphatic heterocycles. The number of aromatic nitrogens is 1. The van der Waals surface area contributed by atoms with Gasteiger partial charge in [0.2, 0.25) is 0 Å². The Morgan fingerprint density at radius 1 is 1.38 bits per heavy atom. The standard InChI is InChI=1S/C19H23N7O6S2/c1-19(2)14(17(28)26(19)32-34-29)24-16(27)13(12-9-33-18(22)23-12)25-31-8-7-30-11-5-3-10(4-6-11)15(20)21/h3-6,9,14,29H,7-8H2,1-2H3,(H3,20,21)(H2,22,23)(H,24,27)/b25-13-. The average molecular weight is 510 g/mol. The SMILES string of the molecule is CC1(C)C(NC(=O)/C(=N\OCCOc2ccc(C(=N)N)cc2)c2csc(N)n2)C(=O)N1OSO. The molecule has 0 radical (unpaired) electrons. The molecule has 1 unspecified atom stereocenters. The smallest absolute Gasteiger partial charge is 0.276 e. The molecule has 1 saturated heterocycles. The highest BCUT2D eigenvalue weighted by Crippen LogP contribution is 2.33. The number of anilines is 1. The highest BCUT2D eigenvalue weighted by atomic mass is 32.2. The van der Waals surface area contributed by atoms with Crippen LogP contribution in [0.1, 0.15) is 25.1 Å². The fourth-order valence-corrected chi connectivity index (χ4v) is 3.88. The van der Waals surface area contributed by atoms with Crippen molar-refractivity contribution >= 4 is 52.2 Å². The lowest BCUT2D eigenvalue weighted by Gasteiger charge is -2.50. The van der Waals surface area contributed by atoms with Gasteiger partial charge in [0, 0.05) is 10.9 Å². The van der Waals surface area contributed by atoms with E-state index in [2.05, 4.69) is 15.5 Å². The number of thiazole rings is 1. The summed E-state index contributed by atoms with van der Waals surface area (Å²) in [6.45, 7) is 3.44. The third-order valence-electron chi connectivity index (χ3n) is 4.80. The van der Waals surface area contributed by atoms with Gasteiger partial charge in [0.15, 0.2) is 29.8 Å². The average Bonchev–Trinajstić information content (AvgIpc) is 3.23. The Hall–Kier alpha value is -3.40. The van der Waals surface area contributed by atoms with Crippen LogP contribution in [0.2, 0.25) is 0 Å². The molecule has 2 amide bonds. The second-order valence-corrected chi connectivity index (χ2v) is 8.66. The fraction of sp³-hybridized carbons (Fsp3) is 0.316. The Balaban J connectivity index is 1.61. The fourth-order valence-electron chi connectivity index (χ4n) is 3.00. The minimum absolute atomic E-state index is 0.00799. The van der Waals surface area contributed by atoms with Crippen molar-refractivity contribution in [3.05, 3.63) is 40.9 Å². The van der Waals surface area contributed by atoms with Gasteiger partial charge in [0.05, 0.1) is 5.54 Å². The molecular weight excluding hydrogens is 486 g/mol. The molecule has 0 spiro atoms.